The quantitative estimate of drug-likeness (QED) is 0.273. The molecule has 0 saturated heterocycles. The van der Waals surface area contributed by atoms with Gasteiger partial charge in [-0.15, -0.1) is 6.58 Å². The van der Waals surface area contributed by atoms with Crippen molar-refractivity contribution in [2.45, 2.75) is 33.1 Å². The Morgan fingerprint density at radius 2 is 2.12 bits per heavy atom. The molecule has 100 valence electrons. The first-order valence-electron chi connectivity index (χ1n) is 6.56. The first-order chi connectivity index (χ1) is 8.35. The van der Waals surface area contributed by atoms with Crippen molar-refractivity contribution >= 4 is 17.7 Å². The van der Waals surface area contributed by atoms with Crippen molar-refractivity contribution in [3.63, 3.8) is 0 Å². The van der Waals surface area contributed by atoms with Gasteiger partial charge in [0.2, 0.25) is 0 Å². The Morgan fingerprint density at radius 3 is 2.76 bits per heavy atom. The maximum absolute atomic E-state index is 4.53. The lowest BCUT2D eigenvalue weighted by molar-refractivity contribution is 0.719. The normalized spacial score (nSPS) is 11.3. The van der Waals surface area contributed by atoms with E-state index < -0.39 is 0 Å². The average Bonchev–Trinajstić information content (AvgIpc) is 2.34. The molecule has 0 radical (unpaired) electrons. The van der Waals surface area contributed by atoms with E-state index >= 15 is 0 Å². The van der Waals surface area contributed by atoms with Gasteiger partial charge in [0.25, 0.3) is 0 Å². The van der Waals surface area contributed by atoms with Gasteiger partial charge in [0.1, 0.15) is 0 Å². The molecule has 0 aromatic heterocycles. The van der Waals surface area contributed by atoms with E-state index in [0.717, 1.165) is 37.1 Å². The summed E-state index contributed by atoms with van der Waals surface area (Å²) in [5, 5.41) is 6.60. The second-order valence-electron chi connectivity index (χ2n) is 3.76. The number of thioether (sulfide) groups is 1. The molecule has 3 nitrogen and oxygen atoms in total. The fourth-order valence-corrected chi connectivity index (χ4v) is 1.88. The summed E-state index contributed by atoms with van der Waals surface area (Å²) >= 11 is 1.88. The van der Waals surface area contributed by atoms with Crippen LogP contribution in [0.3, 0.4) is 0 Å². The molecule has 0 atom stereocenters. The standard InChI is InChI=1S/C13H27N3S/c1-4-7-8-9-15-13(14-6-3)16-10-12-17-11-5-2/h5H,2,4,6-12H2,1,3H3,(H2,14,15,16). The van der Waals surface area contributed by atoms with E-state index in [2.05, 4.69) is 36.1 Å². The molecular weight excluding hydrogens is 230 g/mol. The van der Waals surface area contributed by atoms with Crippen molar-refractivity contribution in [3.05, 3.63) is 12.7 Å². The summed E-state index contributed by atoms with van der Waals surface area (Å²) in [5.74, 6) is 3.06. The van der Waals surface area contributed by atoms with Crippen molar-refractivity contribution in [2.75, 3.05) is 31.1 Å². The molecule has 0 amide bonds. The number of nitrogens with one attached hydrogen (secondary N) is 2. The minimum atomic E-state index is 0.916. The van der Waals surface area contributed by atoms with Gasteiger partial charge in [-0.05, 0) is 13.3 Å². The van der Waals surface area contributed by atoms with Gasteiger partial charge in [0.15, 0.2) is 5.96 Å². The number of nitrogens with zero attached hydrogens (tertiary/aromatic N) is 1. The summed E-state index contributed by atoms with van der Waals surface area (Å²) in [4.78, 5) is 4.53. The van der Waals surface area contributed by atoms with Crippen LogP contribution in [-0.4, -0.2) is 37.1 Å². The number of unbranched alkanes of at least 4 members (excludes halogenated alkanes) is 2. The second kappa shape index (κ2) is 13.4. The van der Waals surface area contributed by atoms with Crippen molar-refractivity contribution < 1.29 is 0 Å². The molecular formula is C13H27N3S. The Labute approximate surface area is 111 Å². The maximum Gasteiger partial charge on any atom is 0.191 e. The molecule has 4 heteroatoms. The Balaban J connectivity index is 3.68. The Hall–Kier alpha value is -0.640. The molecule has 0 aliphatic heterocycles. The van der Waals surface area contributed by atoms with Gasteiger partial charge in [-0.2, -0.15) is 11.8 Å². The zero-order chi connectivity index (χ0) is 12.8. The lowest BCUT2D eigenvalue weighted by atomic mass is 10.2. The van der Waals surface area contributed by atoms with E-state index in [0.29, 0.717) is 0 Å². The first kappa shape index (κ1) is 16.4. The summed E-state index contributed by atoms with van der Waals surface area (Å²) in [6.45, 7) is 10.8. The fourth-order valence-electron chi connectivity index (χ4n) is 1.30. The molecule has 0 aliphatic rings. The van der Waals surface area contributed by atoms with Gasteiger partial charge < -0.3 is 10.6 Å². The molecule has 2 N–H and O–H groups in total. The maximum atomic E-state index is 4.53. The van der Waals surface area contributed by atoms with Crippen LogP contribution in [0, 0.1) is 0 Å². The largest absolute Gasteiger partial charge is 0.357 e. The molecule has 0 heterocycles. The molecule has 0 unspecified atom stereocenters. The summed E-state index contributed by atoms with van der Waals surface area (Å²) in [6.07, 6.45) is 5.63. The number of aliphatic imine (C=N–C) groups is 1. The molecule has 0 saturated carbocycles. The molecule has 17 heavy (non-hydrogen) atoms. The van der Waals surface area contributed by atoms with Crippen LogP contribution in [0.25, 0.3) is 0 Å². The summed E-state index contributed by atoms with van der Waals surface area (Å²) in [5.41, 5.74) is 0. The fraction of sp³-hybridized carbons (Fsp3) is 0.769. The zero-order valence-corrected chi connectivity index (χ0v) is 12.1. The van der Waals surface area contributed by atoms with Crippen molar-refractivity contribution in [2.24, 2.45) is 4.99 Å². The van der Waals surface area contributed by atoms with Crippen LogP contribution >= 0.6 is 11.8 Å². The van der Waals surface area contributed by atoms with Gasteiger partial charge in [-0.3, -0.25) is 4.99 Å². The van der Waals surface area contributed by atoms with Gasteiger partial charge in [0, 0.05) is 31.1 Å². The summed E-state index contributed by atoms with van der Waals surface area (Å²) < 4.78 is 0. The number of rotatable bonds is 10. The minimum absolute atomic E-state index is 0.916. The SMILES string of the molecule is C=CCSCCNC(=NCCCCC)NCC. The highest BCUT2D eigenvalue weighted by molar-refractivity contribution is 7.99. The van der Waals surface area contributed by atoms with E-state index in [1.165, 1.54) is 19.3 Å². The highest BCUT2D eigenvalue weighted by Gasteiger charge is 1.95. The third-order valence-electron chi connectivity index (χ3n) is 2.15. The molecule has 0 rings (SSSR count). The second-order valence-corrected chi connectivity index (χ2v) is 4.91. The molecule has 0 fully saturated rings. The van der Waals surface area contributed by atoms with Crippen LogP contribution < -0.4 is 10.6 Å². The molecule has 0 aromatic carbocycles. The highest BCUT2D eigenvalue weighted by atomic mass is 32.2. The molecule has 0 aromatic rings. The van der Waals surface area contributed by atoms with Crippen molar-refractivity contribution in [1.29, 1.82) is 0 Å². The lowest BCUT2D eigenvalue weighted by Crippen LogP contribution is -2.38. The zero-order valence-electron chi connectivity index (χ0n) is 11.3. The molecule has 0 spiro atoms. The number of hydrogen-bond donors (Lipinski definition) is 2. The van der Waals surface area contributed by atoms with Gasteiger partial charge >= 0.3 is 0 Å². The van der Waals surface area contributed by atoms with Gasteiger partial charge in [-0.1, -0.05) is 25.8 Å². The van der Waals surface area contributed by atoms with Gasteiger partial charge in [0.05, 0.1) is 0 Å². The topological polar surface area (TPSA) is 36.4 Å². The summed E-state index contributed by atoms with van der Waals surface area (Å²) in [7, 11) is 0. The van der Waals surface area contributed by atoms with E-state index in [-0.39, 0.29) is 0 Å². The van der Waals surface area contributed by atoms with Crippen LogP contribution in [-0.2, 0) is 0 Å². The molecule has 0 aliphatic carbocycles. The van der Waals surface area contributed by atoms with Crippen LogP contribution in [0.4, 0.5) is 0 Å². The Bertz CT molecular complexity index is 205. The van der Waals surface area contributed by atoms with E-state index in [1.807, 2.05) is 17.8 Å². The third-order valence-corrected chi connectivity index (χ3v) is 3.11. The minimum Gasteiger partial charge on any atom is -0.357 e. The van der Waals surface area contributed by atoms with Crippen molar-refractivity contribution in [1.82, 2.24) is 10.6 Å². The Morgan fingerprint density at radius 1 is 1.29 bits per heavy atom. The monoisotopic (exact) mass is 257 g/mol. The first-order valence-corrected chi connectivity index (χ1v) is 7.71. The van der Waals surface area contributed by atoms with Crippen LogP contribution in [0.2, 0.25) is 0 Å². The van der Waals surface area contributed by atoms with E-state index in [9.17, 15) is 0 Å². The number of hydrogen-bond acceptors (Lipinski definition) is 2. The predicted molar refractivity (Wildman–Crippen MR) is 81.0 cm³/mol. The van der Waals surface area contributed by atoms with Crippen LogP contribution in [0.5, 0.6) is 0 Å². The van der Waals surface area contributed by atoms with Crippen molar-refractivity contribution in [3.8, 4) is 0 Å². The van der Waals surface area contributed by atoms with E-state index in [1.54, 1.807) is 0 Å². The number of guanidine groups is 1. The van der Waals surface area contributed by atoms with Crippen LogP contribution in [0.1, 0.15) is 33.1 Å². The van der Waals surface area contributed by atoms with Crippen LogP contribution in [0.15, 0.2) is 17.6 Å². The summed E-state index contributed by atoms with van der Waals surface area (Å²) in [6, 6.07) is 0. The average molecular weight is 257 g/mol. The highest BCUT2D eigenvalue weighted by Crippen LogP contribution is 1.97. The lowest BCUT2D eigenvalue weighted by Gasteiger charge is -2.10. The van der Waals surface area contributed by atoms with E-state index in [4.69, 9.17) is 0 Å². The molecule has 0 bridgehead atoms. The van der Waals surface area contributed by atoms with Gasteiger partial charge in [-0.25, -0.2) is 0 Å². The third kappa shape index (κ3) is 11.6. The Kier molecular flexibility index (Phi) is 12.9. The predicted octanol–water partition coefficient (Wildman–Crippen LogP) is 2.65. The smallest absolute Gasteiger partial charge is 0.191 e.